The Morgan fingerprint density at radius 2 is 1.95 bits per heavy atom. The number of nitrogens with one attached hydrogen (secondary N) is 1. The molecule has 19 heavy (non-hydrogen) atoms. The molecule has 3 nitrogen and oxygen atoms in total. The minimum Gasteiger partial charge on any atom is -0.381 e. The largest absolute Gasteiger partial charge is 0.381 e. The lowest BCUT2D eigenvalue weighted by atomic mass is 10.0. The van der Waals surface area contributed by atoms with Crippen molar-refractivity contribution in [2.45, 2.75) is 26.3 Å². The maximum absolute atomic E-state index is 8.79. The molecule has 0 aliphatic heterocycles. The fourth-order valence-corrected chi connectivity index (χ4v) is 1.83. The first-order valence-electron chi connectivity index (χ1n) is 6.38. The van der Waals surface area contributed by atoms with Gasteiger partial charge in [0, 0.05) is 18.4 Å². The van der Waals surface area contributed by atoms with Crippen molar-refractivity contribution >= 4 is 5.69 Å². The molecule has 0 aliphatic rings. The van der Waals surface area contributed by atoms with Gasteiger partial charge in [0.05, 0.1) is 0 Å². The van der Waals surface area contributed by atoms with E-state index in [4.69, 9.17) is 5.26 Å². The molecule has 0 saturated carbocycles. The minimum absolute atomic E-state index is 0.431. The summed E-state index contributed by atoms with van der Waals surface area (Å²) in [6.45, 7) is 5.12. The van der Waals surface area contributed by atoms with Crippen LogP contribution in [0.2, 0.25) is 0 Å². The van der Waals surface area contributed by atoms with E-state index in [1.807, 2.05) is 12.1 Å². The predicted octanol–water partition coefficient (Wildman–Crippen LogP) is 3.69. The topological polar surface area (TPSA) is 48.7 Å². The quantitative estimate of drug-likeness (QED) is 0.901. The molecule has 3 heteroatoms. The van der Waals surface area contributed by atoms with Gasteiger partial charge in [-0.25, -0.2) is 4.98 Å². The Hall–Kier alpha value is -2.34. The number of anilines is 1. The smallest absolute Gasteiger partial charge is 0.142 e. The number of pyridine rings is 1. The molecular weight excluding hydrogens is 234 g/mol. The predicted molar refractivity (Wildman–Crippen MR) is 76.8 cm³/mol. The van der Waals surface area contributed by atoms with E-state index < -0.39 is 0 Å². The number of hydrogen-bond donors (Lipinski definition) is 1. The number of rotatable bonds is 4. The Kier molecular flexibility index (Phi) is 4.15. The first kappa shape index (κ1) is 13.1. The zero-order chi connectivity index (χ0) is 13.7. The van der Waals surface area contributed by atoms with Crippen LogP contribution in [0, 0.1) is 11.3 Å². The molecule has 0 bridgehead atoms. The summed E-state index contributed by atoms with van der Waals surface area (Å²) in [6, 6.07) is 14.2. The zero-order valence-electron chi connectivity index (χ0n) is 11.2. The molecule has 96 valence electrons. The summed E-state index contributed by atoms with van der Waals surface area (Å²) in [4.78, 5) is 3.94. The highest BCUT2D eigenvalue weighted by molar-refractivity contribution is 5.46. The Bertz CT molecular complexity index is 580. The van der Waals surface area contributed by atoms with Gasteiger partial charge < -0.3 is 5.32 Å². The second-order valence-corrected chi connectivity index (χ2v) is 4.79. The fourth-order valence-electron chi connectivity index (χ4n) is 1.83. The molecule has 0 amide bonds. The average Bonchev–Trinajstić information content (AvgIpc) is 2.46. The Morgan fingerprint density at radius 3 is 2.58 bits per heavy atom. The van der Waals surface area contributed by atoms with Crippen molar-refractivity contribution in [1.29, 1.82) is 5.26 Å². The summed E-state index contributed by atoms with van der Waals surface area (Å²) in [7, 11) is 0. The van der Waals surface area contributed by atoms with Crippen LogP contribution in [-0.4, -0.2) is 4.98 Å². The monoisotopic (exact) mass is 251 g/mol. The second kappa shape index (κ2) is 6.01. The van der Waals surface area contributed by atoms with Crippen molar-refractivity contribution in [2.24, 2.45) is 0 Å². The van der Waals surface area contributed by atoms with Gasteiger partial charge in [0.15, 0.2) is 0 Å². The standard InChI is InChI=1S/C16H17N3/c1-12(2)14-5-3-13(4-6-14)11-19-15-7-8-18-16(9-15)10-17/h3-9,12H,11H2,1-2H3,(H,18,19). The van der Waals surface area contributed by atoms with Gasteiger partial charge in [-0.15, -0.1) is 0 Å². The van der Waals surface area contributed by atoms with Crippen LogP contribution in [0.3, 0.4) is 0 Å². The Balaban J connectivity index is 2.00. The summed E-state index contributed by atoms with van der Waals surface area (Å²) in [5.41, 5.74) is 3.92. The van der Waals surface area contributed by atoms with Crippen molar-refractivity contribution in [2.75, 3.05) is 5.32 Å². The normalized spacial score (nSPS) is 10.2. The van der Waals surface area contributed by atoms with E-state index in [1.54, 1.807) is 12.3 Å². The summed E-state index contributed by atoms with van der Waals surface area (Å²) < 4.78 is 0. The SMILES string of the molecule is CC(C)c1ccc(CNc2ccnc(C#N)c2)cc1. The molecule has 0 saturated heterocycles. The summed E-state index contributed by atoms with van der Waals surface area (Å²) in [6.07, 6.45) is 1.64. The van der Waals surface area contributed by atoms with Crippen LogP contribution in [0.15, 0.2) is 42.6 Å². The van der Waals surface area contributed by atoms with Gasteiger partial charge in [-0.1, -0.05) is 38.1 Å². The van der Waals surface area contributed by atoms with Crippen molar-refractivity contribution in [3.8, 4) is 6.07 Å². The van der Waals surface area contributed by atoms with Crippen LogP contribution >= 0.6 is 0 Å². The minimum atomic E-state index is 0.431. The van der Waals surface area contributed by atoms with Gasteiger partial charge in [0.2, 0.25) is 0 Å². The highest BCUT2D eigenvalue weighted by Gasteiger charge is 2.00. The molecule has 0 aliphatic carbocycles. The lowest BCUT2D eigenvalue weighted by Crippen LogP contribution is -2.00. The third kappa shape index (κ3) is 3.56. The number of benzene rings is 1. The maximum Gasteiger partial charge on any atom is 0.142 e. The van der Waals surface area contributed by atoms with E-state index in [1.165, 1.54) is 11.1 Å². The molecular formula is C16H17N3. The molecule has 2 aromatic rings. The van der Waals surface area contributed by atoms with Crippen LogP contribution in [0.25, 0.3) is 0 Å². The molecule has 0 atom stereocenters. The van der Waals surface area contributed by atoms with E-state index in [0.717, 1.165) is 12.2 Å². The molecule has 1 aromatic carbocycles. The van der Waals surface area contributed by atoms with Gasteiger partial charge >= 0.3 is 0 Å². The second-order valence-electron chi connectivity index (χ2n) is 4.79. The Morgan fingerprint density at radius 1 is 1.21 bits per heavy atom. The molecule has 0 spiro atoms. The highest BCUT2D eigenvalue weighted by atomic mass is 14.9. The summed E-state index contributed by atoms with van der Waals surface area (Å²) in [5.74, 6) is 0.556. The average molecular weight is 251 g/mol. The number of nitriles is 1. The lowest BCUT2D eigenvalue weighted by Gasteiger charge is -2.09. The summed E-state index contributed by atoms with van der Waals surface area (Å²) >= 11 is 0. The Labute approximate surface area is 113 Å². The maximum atomic E-state index is 8.79. The van der Waals surface area contributed by atoms with E-state index in [2.05, 4.69) is 48.4 Å². The van der Waals surface area contributed by atoms with E-state index in [9.17, 15) is 0 Å². The van der Waals surface area contributed by atoms with Gasteiger partial charge in [-0.2, -0.15) is 5.26 Å². The first-order valence-corrected chi connectivity index (χ1v) is 6.38. The molecule has 1 heterocycles. The van der Waals surface area contributed by atoms with Crippen LogP contribution in [0.5, 0.6) is 0 Å². The molecule has 0 unspecified atom stereocenters. The molecule has 0 fully saturated rings. The summed E-state index contributed by atoms with van der Waals surface area (Å²) in [5, 5.41) is 12.1. The van der Waals surface area contributed by atoms with Crippen molar-refractivity contribution in [3.63, 3.8) is 0 Å². The number of hydrogen-bond acceptors (Lipinski definition) is 3. The van der Waals surface area contributed by atoms with Gasteiger partial charge in [-0.3, -0.25) is 0 Å². The van der Waals surface area contributed by atoms with Gasteiger partial charge in [-0.05, 0) is 29.2 Å². The highest BCUT2D eigenvalue weighted by Crippen LogP contribution is 2.15. The van der Waals surface area contributed by atoms with Gasteiger partial charge in [0.1, 0.15) is 11.8 Å². The lowest BCUT2D eigenvalue weighted by molar-refractivity contribution is 0.865. The van der Waals surface area contributed by atoms with E-state index in [-0.39, 0.29) is 0 Å². The van der Waals surface area contributed by atoms with Crippen molar-refractivity contribution < 1.29 is 0 Å². The van der Waals surface area contributed by atoms with Crippen molar-refractivity contribution in [3.05, 3.63) is 59.4 Å². The third-order valence-corrected chi connectivity index (χ3v) is 3.02. The van der Waals surface area contributed by atoms with E-state index >= 15 is 0 Å². The zero-order valence-corrected chi connectivity index (χ0v) is 11.2. The van der Waals surface area contributed by atoms with Gasteiger partial charge in [0.25, 0.3) is 0 Å². The van der Waals surface area contributed by atoms with Crippen LogP contribution in [0.4, 0.5) is 5.69 Å². The number of nitrogens with zero attached hydrogens (tertiary/aromatic N) is 2. The number of aromatic nitrogens is 1. The van der Waals surface area contributed by atoms with Crippen LogP contribution < -0.4 is 5.32 Å². The first-order chi connectivity index (χ1) is 9.19. The molecule has 0 radical (unpaired) electrons. The molecule has 1 aromatic heterocycles. The fraction of sp³-hybridized carbons (Fsp3) is 0.250. The molecule has 2 rings (SSSR count). The third-order valence-electron chi connectivity index (χ3n) is 3.02. The van der Waals surface area contributed by atoms with Crippen molar-refractivity contribution in [1.82, 2.24) is 4.98 Å². The van der Waals surface area contributed by atoms with E-state index in [0.29, 0.717) is 11.6 Å². The van der Waals surface area contributed by atoms with Crippen LogP contribution in [0.1, 0.15) is 36.6 Å². The molecule has 1 N–H and O–H groups in total. The van der Waals surface area contributed by atoms with Crippen LogP contribution in [-0.2, 0) is 6.54 Å².